The topological polar surface area (TPSA) is 105 Å². The van der Waals surface area contributed by atoms with Crippen LogP contribution in [0.1, 0.15) is 11.1 Å². The first-order valence-electron chi connectivity index (χ1n) is 6.70. The fourth-order valence-electron chi connectivity index (χ4n) is 2.59. The van der Waals surface area contributed by atoms with Gasteiger partial charge in [-0.3, -0.25) is 5.84 Å². The van der Waals surface area contributed by atoms with E-state index in [1.54, 1.807) is 26.0 Å². The molecule has 1 unspecified atom stereocenters. The predicted molar refractivity (Wildman–Crippen MR) is 79.3 cm³/mol. The van der Waals surface area contributed by atoms with Crippen molar-refractivity contribution in [3.8, 4) is 0 Å². The maximum Gasteiger partial charge on any atom is 0.243 e. The highest BCUT2D eigenvalue weighted by Gasteiger charge is 2.32. The molecule has 1 atom stereocenters. The Morgan fingerprint density at radius 2 is 2.05 bits per heavy atom. The van der Waals surface area contributed by atoms with Gasteiger partial charge in [0.25, 0.3) is 0 Å². The number of aliphatic hydroxyl groups is 1. The van der Waals surface area contributed by atoms with Crippen molar-refractivity contribution < 1.29 is 18.3 Å². The second-order valence-electron chi connectivity index (χ2n) is 5.12. The van der Waals surface area contributed by atoms with Gasteiger partial charge < -0.3 is 15.3 Å². The molecule has 1 fully saturated rings. The van der Waals surface area contributed by atoms with Crippen LogP contribution in [0.2, 0.25) is 0 Å². The third-order valence-corrected chi connectivity index (χ3v) is 5.70. The number of hydrogen-bond acceptors (Lipinski definition) is 6. The minimum Gasteiger partial charge on any atom is -0.394 e. The van der Waals surface area contributed by atoms with Crippen molar-refractivity contribution >= 4 is 15.7 Å². The van der Waals surface area contributed by atoms with Crippen molar-refractivity contribution in [3.63, 3.8) is 0 Å². The summed E-state index contributed by atoms with van der Waals surface area (Å²) in [6.45, 7) is 4.02. The summed E-state index contributed by atoms with van der Waals surface area (Å²) < 4.78 is 32.3. The number of ether oxygens (including phenoxy) is 1. The van der Waals surface area contributed by atoms with Crippen LogP contribution in [0, 0.1) is 13.8 Å². The lowest BCUT2D eigenvalue weighted by molar-refractivity contribution is -0.0304. The van der Waals surface area contributed by atoms with Crippen molar-refractivity contribution in [1.82, 2.24) is 4.31 Å². The smallest absolute Gasteiger partial charge is 0.243 e. The Labute approximate surface area is 124 Å². The molecule has 1 aliphatic heterocycles. The van der Waals surface area contributed by atoms with E-state index in [1.165, 1.54) is 4.31 Å². The van der Waals surface area contributed by atoms with Gasteiger partial charge in [0.15, 0.2) is 0 Å². The van der Waals surface area contributed by atoms with Crippen molar-refractivity contribution in [2.24, 2.45) is 5.84 Å². The number of nitrogens with one attached hydrogen (secondary N) is 1. The molecule has 0 radical (unpaired) electrons. The third-order valence-electron chi connectivity index (χ3n) is 3.53. The van der Waals surface area contributed by atoms with Gasteiger partial charge in [-0.15, -0.1) is 0 Å². The van der Waals surface area contributed by atoms with E-state index in [2.05, 4.69) is 5.43 Å². The van der Waals surface area contributed by atoms with E-state index in [4.69, 9.17) is 15.7 Å². The number of benzene rings is 1. The molecule has 1 saturated heterocycles. The first-order valence-corrected chi connectivity index (χ1v) is 8.14. The van der Waals surface area contributed by atoms with Gasteiger partial charge in [0.2, 0.25) is 10.0 Å². The molecule has 0 spiro atoms. The summed E-state index contributed by atoms with van der Waals surface area (Å²) >= 11 is 0. The molecule has 1 aromatic carbocycles. The minimum absolute atomic E-state index is 0.161. The highest BCUT2D eigenvalue weighted by atomic mass is 32.2. The highest BCUT2D eigenvalue weighted by Crippen LogP contribution is 2.28. The number of nitrogens with two attached hydrogens (primary N) is 1. The quantitative estimate of drug-likeness (QED) is 0.532. The summed E-state index contributed by atoms with van der Waals surface area (Å²) in [4.78, 5) is 0.292. The molecule has 1 aromatic rings. The average molecular weight is 315 g/mol. The van der Waals surface area contributed by atoms with Crippen molar-refractivity contribution in [2.75, 3.05) is 31.7 Å². The number of nitrogens with zero attached hydrogens (tertiary/aromatic N) is 1. The van der Waals surface area contributed by atoms with Crippen LogP contribution in [-0.4, -0.2) is 50.2 Å². The lowest BCUT2D eigenvalue weighted by Crippen LogP contribution is -2.47. The zero-order valence-electron chi connectivity index (χ0n) is 12.2. The molecule has 1 aliphatic rings. The van der Waals surface area contributed by atoms with Crippen molar-refractivity contribution in [3.05, 3.63) is 23.3 Å². The number of nitrogen functional groups attached to an aromatic ring is 1. The molecule has 0 bridgehead atoms. The number of hydrazine groups is 1. The molecule has 0 aliphatic carbocycles. The first-order chi connectivity index (χ1) is 9.90. The van der Waals surface area contributed by atoms with Crippen molar-refractivity contribution in [1.29, 1.82) is 0 Å². The fourth-order valence-corrected chi connectivity index (χ4v) is 4.46. The Morgan fingerprint density at radius 3 is 2.57 bits per heavy atom. The van der Waals surface area contributed by atoms with Crippen LogP contribution in [-0.2, 0) is 14.8 Å². The SMILES string of the molecule is Cc1cc(NN)cc(C)c1S(=O)(=O)N1CCOC(CO)C1. The summed E-state index contributed by atoms with van der Waals surface area (Å²) in [5.41, 5.74) is 4.46. The molecule has 0 aromatic heterocycles. The second kappa shape index (κ2) is 6.29. The molecule has 7 nitrogen and oxygen atoms in total. The molecule has 1 heterocycles. The monoisotopic (exact) mass is 315 g/mol. The van der Waals surface area contributed by atoms with Crippen molar-refractivity contribution in [2.45, 2.75) is 24.8 Å². The van der Waals surface area contributed by atoms with E-state index in [0.717, 1.165) is 0 Å². The molecule has 118 valence electrons. The van der Waals surface area contributed by atoms with E-state index in [1.807, 2.05) is 0 Å². The number of anilines is 1. The Morgan fingerprint density at radius 1 is 1.43 bits per heavy atom. The number of hydrogen-bond donors (Lipinski definition) is 3. The third kappa shape index (κ3) is 3.19. The van der Waals surface area contributed by atoms with Gasteiger partial charge in [0, 0.05) is 18.8 Å². The van der Waals surface area contributed by atoms with E-state index < -0.39 is 16.1 Å². The Balaban J connectivity index is 2.40. The van der Waals surface area contributed by atoms with Crippen LogP contribution >= 0.6 is 0 Å². The van der Waals surface area contributed by atoms with Gasteiger partial charge in [0.05, 0.1) is 24.2 Å². The van der Waals surface area contributed by atoms with Gasteiger partial charge in [-0.05, 0) is 37.1 Å². The van der Waals surface area contributed by atoms with E-state index >= 15 is 0 Å². The van der Waals surface area contributed by atoms with Crippen LogP contribution in [0.3, 0.4) is 0 Å². The van der Waals surface area contributed by atoms with Gasteiger partial charge in [0.1, 0.15) is 0 Å². The van der Waals surface area contributed by atoms with Crippen LogP contribution in [0.15, 0.2) is 17.0 Å². The lowest BCUT2D eigenvalue weighted by Gasteiger charge is -2.32. The highest BCUT2D eigenvalue weighted by molar-refractivity contribution is 7.89. The van der Waals surface area contributed by atoms with E-state index in [0.29, 0.717) is 21.7 Å². The molecule has 0 amide bonds. The zero-order valence-corrected chi connectivity index (χ0v) is 13.0. The molecular formula is C13H21N3O4S. The van der Waals surface area contributed by atoms with Crippen LogP contribution in [0.5, 0.6) is 0 Å². The number of aliphatic hydroxyl groups excluding tert-OH is 1. The predicted octanol–water partition coefficient (Wildman–Crippen LogP) is -0.0292. The standard InChI is InChI=1S/C13H21N3O4S/c1-9-5-11(15-14)6-10(2)13(9)21(18,19)16-3-4-20-12(7-16)8-17/h5-6,12,15,17H,3-4,7-8,14H2,1-2H3. The number of rotatable bonds is 4. The van der Waals surface area contributed by atoms with E-state index in [-0.39, 0.29) is 26.3 Å². The van der Waals surface area contributed by atoms with Crippen LogP contribution in [0.4, 0.5) is 5.69 Å². The lowest BCUT2D eigenvalue weighted by atomic mass is 10.1. The molecule has 2 rings (SSSR count). The Bertz CT molecular complexity index is 595. The molecule has 4 N–H and O–H groups in total. The van der Waals surface area contributed by atoms with Gasteiger partial charge in [-0.2, -0.15) is 4.31 Å². The maximum atomic E-state index is 12.8. The van der Waals surface area contributed by atoms with Gasteiger partial charge in [-0.25, -0.2) is 8.42 Å². The largest absolute Gasteiger partial charge is 0.394 e. The maximum absolute atomic E-state index is 12.8. The number of morpholine rings is 1. The summed E-state index contributed by atoms with van der Waals surface area (Å²) in [5.74, 6) is 5.37. The van der Waals surface area contributed by atoms with Crippen LogP contribution in [0.25, 0.3) is 0 Å². The Kier molecular flexibility index (Phi) is 4.84. The summed E-state index contributed by atoms with van der Waals surface area (Å²) in [6.07, 6.45) is -0.473. The number of sulfonamides is 1. The Hall–Kier alpha value is -1.19. The molecule has 21 heavy (non-hydrogen) atoms. The molecule has 0 saturated carbocycles. The molecular weight excluding hydrogens is 294 g/mol. The average Bonchev–Trinajstić information content (AvgIpc) is 2.46. The summed E-state index contributed by atoms with van der Waals surface area (Å²) in [6, 6.07) is 3.40. The van der Waals surface area contributed by atoms with Gasteiger partial charge in [-0.1, -0.05) is 0 Å². The summed E-state index contributed by atoms with van der Waals surface area (Å²) in [7, 11) is -3.62. The van der Waals surface area contributed by atoms with E-state index in [9.17, 15) is 8.42 Å². The van der Waals surface area contributed by atoms with Crippen LogP contribution < -0.4 is 11.3 Å². The zero-order chi connectivity index (χ0) is 15.6. The second-order valence-corrected chi connectivity index (χ2v) is 7.00. The number of aryl methyl sites for hydroxylation is 2. The summed E-state index contributed by atoms with van der Waals surface area (Å²) in [5, 5.41) is 9.15. The molecule has 8 heteroatoms. The fraction of sp³-hybridized carbons (Fsp3) is 0.538. The normalized spacial score (nSPS) is 20.5. The van der Waals surface area contributed by atoms with Gasteiger partial charge >= 0.3 is 0 Å². The first kappa shape index (κ1) is 16.2. The minimum atomic E-state index is -3.62.